The van der Waals surface area contributed by atoms with E-state index in [0.717, 1.165) is 23.6 Å². The molecule has 1 unspecified atom stereocenters. The molecule has 20 heavy (non-hydrogen) atoms. The molecule has 5 nitrogen and oxygen atoms in total. The highest BCUT2D eigenvalue weighted by Crippen LogP contribution is 2.24. The van der Waals surface area contributed by atoms with E-state index in [1.807, 2.05) is 18.2 Å². The number of anilines is 1. The number of sulfonamides is 1. The smallest absolute Gasteiger partial charge is 0.242 e. The van der Waals surface area contributed by atoms with E-state index in [9.17, 15) is 13.2 Å². The molecule has 1 aliphatic heterocycles. The Morgan fingerprint density at radius 1 is 1.35 bits per heavy atom. The monoisotopic (exact) mass is 360 g/mol. The van der Waals surface area contributed by atoms with Crippen LogP contribution in [-0.4, -0.2) is 37.5 Å². The molecule has 110 valence electrons. The summed E-state index contributed by atoms with van der Waals surface area (Å²) in [4.78, 5) is 12.3. The van der Waals surface area contributed by atoms with Gasteiger partial charge in [-0.25, -0.2) is 8.42 Å². The second kappa shape index (κ2) is 6.24. The molecule has 1 N–H and O–H groups in total. The third kappa shape index (κ3) is 3.59. The van der Waals surface area contributed by atoms with Crippen molar-refractivity contribution in [1.29, 1.82) is 0 Å². The quantitative estimate of drug-likeness (QED) is 0.898. The van der Waals surface area contributed by atoms with Crippen molar-refractivity contribution in [3.63, 3.8) is 0 Å². The third-order valence-electron chi connectivity index (χ3n) is 3.31. The zero-order chi connectivity index (χ0) is 14.8. The van der Waals surface area contributed by atoms with Crippen LogP contribution in [0.2, 0.25) is 0 Å². The number of amides is 1. The molecule has 0 bridgehead atoms. The van der Waals surface area contributed by atoms with Crippen LogP contribution in [0.3, 0.4) is 0 Å². The van der Waals surface area contributed by atoms with Crippen molar-refractivity contribution in [2.24, 2.45) is 0 Å². The maximum absolute atomic E-state index is 12.3. The molecule has 1 saturated heterocycles. The van der Waals surface area contributed by atoms with E-state index in [1.165, 1.54) is 4.31 Å². The number of rotatable bonds is 3. The van der Waals surface area contributed by atoms with Crippen LogP contribution in [0.25, 0.3) is 0 Å². The molecule has 1 amide bonds. The Kier molecular flexibility index (Phi) is 4.82. The van der Waals surface area contributed by atoms with Crippen LogP contribution >= 0.6 is 15.9 Å². The van der Waals surface area contributed by atoms with Crippen molar-refractivity contribution < 1.29 is 13.2 Å². The minimum atomic E-state index is -3.36. The third-order valence-corrected chi connectivity index (χ3v) is 5.29. The number of hydrogen-bond acceptors (Lipinski definition) is 3. The summed E-state index contributed by atoms with van der Waals surface area (Å²) in [6.07, 6.45) is 3.37. The van der Waals surface area contributed by atoms with Gasteiger partial charge in [-0.1, -0.05) is 18.6 Å². The highest BCUT2D eigenvalue weighted by Gasteiger charge is 2.34. The van der Waals surface area contributed by atoms with E-state index in [0.29, 0.717) is 18.7 Å². The van der Waals surface area contributed by atoms with Crippen molar-refractivity contribution in [3.8, 4) is 0 Å². The summed E-state index contributed by atoms with van der Waals surface area (Å²) in [6, 6.07) is 6.64. The summed E-state index contributed by atoms with van der Waals surface area (Å²) < 4.78 is 25.6. The summed E-state index contributed by atoms with van der Waals surface area (Å²) >= 11 is 3.36. The second-order valence-corrected chi connectivity index (χ2v) is 7.64. The summed E-state index contributed by atoms with van der Waals surface area (Å²) in [6.45, 7) is 0.410. The van der Waals surface area contributed by atoms with Crippen LogP contribution in [0, 0.1) is 0 Å². The fraction of sp³-hybridized carbons (Fsp3) is 0.462. The lowest BCUT2D eigenvalue weighted by atomic mass is 10.0. The fourth-order valence-corrected chi connectivity index (χ4v) is 3.85. The molecule has 1 fully saturated rings. The summed E-state index contributed by atoms with van der Waals surface area (Å²) in [5, 5.41) is 2.79. The molecule has 0 aromatic heterocycles. The van der Waals surface area contributed by atoms with Crippen molar-refractivity contribution in [2.45, 2.75) is 25.3 Å². The summed E-state index contributed by atoms with van der Waals surface area (Å²) in [7, 11) is -3.36. The Hall–Kier alpha value is -0.920. The molecular weight excluding hydrogens is 344 g/mol. The van der Waals surface area contributed by atoms with E-state index < -0.39 is 16.1 Å². The van der Waals surface area contributed by atoms with Gasteiger partial charge >= 0.3 is 0 Å². The average Bonchev–Trinajstić information content (AvgIpc) is 2.40. The van der Waals surface area contributed by atoms with Gasteiger partial charge in [-0.15, -0.1) is 0 Å². The van der Waals surface area contributed by atoms with Gasteiger partial charge in [0, 0.05) is 11.0 Å². The molecule has 2 rings (SSSR count). The van der Waals surface area contributed by atoms with Crippen LogP contribution in [0.15, 0.2) is 28.7 Å². The predicted octanol–water partition coefficient (Wildman–Crippen LogP) is 2.20. The van der Waals surface area contributed by atoms with Gasteiger partial charge in [-0.3, -0.25) is 4.79 Å². The standard InChI is InChI=1S/C13H17BrN2O3S/c1-20(18,19)16-9-5-4-8-12(16)13(17)15-11-7-3-2-6-10(11)14/h2-3,6-7,12H,4-5,8-9H2,1H3,(H,15,17). The molecule has 0 radical (unpaired) electrons. The Morgan fingerprint density at radius 3 is 2.70 bits per heavy atom. The molecule has 0 spiro atoms. The van der Waals surface area contributed by atoms with E-state index in [1.54, 1.807) is 6.07 Å². The van der Waals surface area contributed by atoms with Gasteiger partial charge in [0.15, 0.2) is 0 Å². The van der Waals surface area contributed by atoms with Crippen LogP contribution in [0.1, 0.15) is 19.3 Å². The number of para-hydroxylation sites is 1. The SMILES string of the molecule is CS(=O)(=O)N1CCCCC1C(=O)Nc1ccccc1Br. The lowest BCUT2D eigenvalue weighted by molar-refractivity contribution is -0.120. The summed E-state index contributed by atoms with van der Waals surface area (Å²) in [5.41, 5.74) is 0.650. The van der Waals surface area contributed by atoms with Crippen molar-refractivity contribution in [2.75, 3.05) is 18.1 Å². The zero-order valence-electron chi connectivity index (χ0n) is 11.2. The first-order valence-corrected chi connectivity index (χ1v) is 9.06. The Balaban J connectivity index is 2.17. The molecule has 1 aromatic rings. The van der Waals surface area contributed by atoms with Crippen LogP contribution in [0.4, 0.5) is 5.69 Å². The lowest BCUT2D eigenvalue weighted by Crippen LogP contribution is -2.49. The second-order valence-electron chi connectivity index (χ2n) is 4.85. The molecule has 1 heterocycles. The van der Waals surface area contributed by atoms with E-state index in [-0.39, 0.29) is 5.91 Å². The molecule has 7 heteroatoms. The largest absolute Gasteiger partial charge is 0.324 e. The number of hydrogen-bond donors (Lipinski definition) is 1. The maximum Gasteiger partial charge on any atom is 0.242 e. The molecule has 0 aliphatic carbocycles. The van der Waals surface area contributed by atoms with Gasteiger partial charge in [0.05, 0.1) is 11.9 Å². The van der Waals surface area contributed by atoms with Crippen LogP contribution < -0.4 is 5.32 Å². The molecule has 1 aliphatic rings. The molecule has 1 aromatic carbocycles. The number of benzene rings is 1. The van der Waals surface area contributed by atoms with Crippen molar-refractivity contribution in [1.82, 2.24) is 4.31 Å². The van der Waals surface area contributed by atoms with E-state index >= 15 is 0 Å². The highest BCUT2D eigenvalue weighted by molar-refractivity contribution is 9.10. The lowest BCUT2D eigenvalue weighted by Gasteiger charge is -2.32. The number of carbonyl (C=O) groups excluding carboxylic acids is 1. The van der Waals surface area contributed by atoms with Gasteiger partial charge < -0.3 is 5.32 Å². The van der Waals surface area contributed by atoms with Gasteiger partial charge in [0.1, 0.15) is 6.04 Å². The number of nitrogens with one attached hydrogen (secondary N) is 1. The number of piperidine rings is 1. The Morgan fingerprint density at radius 2 is 2.05 bits per heavy atom. The van der Waals surface area contributed by atoms with E-state index in [2.05, 4.69) is 21.2 Å². The molecule has 0 saturated carbocycles. The zero-order valence-corrected chi connectivity index (χ0v) is 13.6. The Bertz CT molecular complexity index is 603. The molecular formula is C13H17BrN2O3S. The minimum Gasteiger partial charge on any atom is -0.324 e. The van der Waals surface area contributed by atoms with Gasteiger partial charge in [-0.2, -0.15) is 4.31 Å². The predicted molar refractivity (Wildman–Crippen MR) is 82.0 cm³/mol. The van der Waals surface area contributed by atoms with Gasteiger partial charge in [0.25, 0.3) is 0 Å². The minimum absolute atomic E-state index is 0.276. The fourth-order valence-electron chi connectivity index (χ4n) is 2.34. The topological polar surface area (TPSA) is 66.5 Å². The first-order valence-electron chi connectivity index (χ1n) is 6.42. The highest BCUT2D eigenvalue weighted by atomic mass is 79.9. The summed E-state index contributed by atoms with van der Waals surface area (Å²) in [5.74, 6) is -0.276. The average molecular weight is 361 g/mol. The number of carbonyl (C=O) groups is 1. The van der Waals surface area contributed by atoms with Gasteiger partial charge in [0.2, 0.25) is 15.9 Å². The first-order chi connectivity index (χ1) is 9.39. The van der Waals surface area contributed by atoms with Crippen LogP contribution in [0.5, 0.6) is 0 Å². The van der Waals surface area contributed by atoms with Crippen molar-refractivity contribution in [3.05, 3.63) is 28.7 Å². The van der Waals surface area contributed by atoms with Crippen molar-refractivity contribution >= 4 is 37.5 Å². The Labute approximate surface area is 127 Å². The van der Waals surface area contributed by atoms with Gasteiger partial charge in [-0.05, 0) is 40.9 Å². The number of halogens is 1. The molecule has 1 atom stereocenters. The maximum atomic E-state index is 12.3. The van der Waals surface area contributed by atoms with E-state index in [4.69, 9.17) is 0 Å². The van der Waals surface area contributed by atoms with Crippen LogP contribution in [-0.2, 0) is 14.8 Å². The normalized spacial score (nSPS) is 20.6. The first kappa shape index (κ1) is 15.5. The number of nitrogens with zero attached hydrogens (tertiary/aromatic N) is 1.